The number of carbonyl (C=O) groups is 2. The second-order valence-electron chi connectivity index (χ2n) is 5.03. The Morgan fingerprint density at radius 2 is 2.00 bits per heavy atom. The Morgan fingerprint density at radius 1 is 1.20 bits per heavy atom. The zero-order chi connectivity index (χ0) is 14.3. The summed E-state index contributed by atoms with van der Waals surface area (Å²) >= 11 is 0. The molecule has 1 saturated heterocycles. The van der Waals surface area contributed by atoms with Gasteiger partial charge in [-0.25, -0.2) is 0 Å². The molecule has 1 unspecified atom stereocenters. The molecule has 2 heterocycles. The van der Waals surface area contributed by atoms with Gasteiger partial charge in [-0.15, -0.1) is 0 Å². The zero-order valence-electron chi connectivity index (χ0n) is 11.1. The summed E-state index contributed by atoms with van der Waals surface area (Å²) in [6.45, 7) is 1.87. The van der Waals surface area contributed by atoms with E-state index in [9.17, 15) is 14.4 Å². The van der Waals surface area contributed by atoms with Crippen molar-refractivity contribution < 1.29 is 9.59 Å². The third-order valence-electron chi connectivity index (χ3n) is 3.71. The predicted molar refractivity (Wildman–Crippen MR) is 74.4 cm³/mol. The highest BCUT2D eigenvalue weighted by molar-refractivity contribution is 5.99. The molecule has 0 spiro atoms. The average molecular weight is 270 g/mol. The number of pyridine rings is 1. The number of benzene rings is 1. The van der Waals surface area contributed by atoms with Gasteiger partial charge in [0.1, 0.15) is 6.04 Å². The Labute approximate surface area is 115 Å². The highest BCUT2D eigenvalue weighted by Gasteiger charge is 2.28. The molecule has 102 valence electrons. The first-order chi connectivity index (χ1) is 9.58. The first-order valence-corrected chi connectivity index (χ1v) is 6.52. The van der Waals surface area contributed by atoms with Crippen LogP contribution in [0.15, 0.2) is 35.3 Å². The van der Waals surface area contributed by atoms with Crippen LogP contribution in [-0.4, -0.2) is 16.4 Å². The van der Waals surface area contributed by atoms with Crippen molar-refractivity contribution in [2.45, 2.75) is 25.8 Å². The fraction of sp³-hybridized carbons (Fsp3) is 0.267. The standard InChI is InChI=1S/C15H14N2O3/c1-9-3-2-4-10-7-8-17(15(20)13(9)10)11-5-6-12(18)16-14(11)19/h2-4,7-8,11H,5-6H2,1H3,(H,16,18,19). The first kappa shape index (κ1) is 12.6. The Morgan fingerprint density at radius 3 is 2.75 bits per heavy atom. The lowest BCUT2D eigenvalue weighted by Crippen LogP contribution is -2.44. The smallest absolute Gasteiger partial charge is 0.259 e. The molecule has 2 aromatic rings. The number of rotatable bonds is 1. The van der Waals surface area contributed by atoms with E-state index in [2.05, 4.69) is 5.32 Å². The van der Waals surface area contributed by atoms with Gasteiger partial charge in [0, 0.05) is 12.6 Å². The summed E-state index contributed by atoms with van der Waals surface area (Å²) in [6, 6.07) is 6.86. The van der Waals surface area contributed by atoms with Crippen LogP contribution >= 0.6 is 0 Å². The molecule has 1 aliphatic heterocycles. The van der Waals surface area contributed by atoms with Gasteiger partial charge in [0.05, 0.1) is 5.39 Å². The van der Waals surface area contributed by atoms with E-state index in [0.717, 1.165) is 10.9 Å². The highest BCUT2D eigenvalue weighted by Crippen LogP contribution is 2.19. The Kier molecular flexibility index (Phi) is 2.89. The molecule has 1 aliphatic rings. The van der Waals surface area contributed by atoms with Crippen molar-refractivity contribution in [2.24, 2.45) is 0 Å². The van der Waals surface area contributed by atoms with Gasteiger partial charge in [0.15, 0.2) is 0 Å². The molecule has 1 fully saturated rings. The van der Waals surface area contributed by atoms with Gasteiger partial charge >= 0.3 is 0 Å². The number of hydrogen-bond acceptors (Lipinski definition) is 3. The summed E-state index contributed by atoms with van der Waals surface area (Å²) in [5, 5.41) is 3.76. The molecule has 5 nitrogen and oxygen atoms in total. The van der Waals surface area contributed by atoms with E-state index in [0.29, 0.717) is 11.8 Å². The van der Waals surface area contributed by atoms with Crippen LogP contribution in [0.25, 0.3) is 10.8 Å². The van der Waals surface area contributed by atoms with Crippen LogP contribution in [0.3, 0.4) is 0 Å². The van der Waals surface area contributed by atoms with Crippen LogP contribution in [0.4, 0.5) is 0 Å². The minimum Gasteiger partial charge on any atom is -0.302 e. The normalized spacial score (nSPS) is 19.1. The van der Waals surface area contributed by atoms with Gasteiger partial charge in [-0.2, -0.15) is 0 Å². The maximum atomic E-state index is 12.6. The minimum absolute atomic E-state index is 0.185. The van der Waals surface area contributed by atoms with Gasteiger partial charge in [0.2, 0.25) is 11.8 Å². The zero-order valence-corrected chi connectivity index (χ0v) is 11.1. The lowest BCUT2D eigenvalue weighted by molar-refractivity contribution is -0.135. The van der Waals surface area contributed by atoms with E-state index in [1.54, 1.807) is 6.20 Å². The third kappa shape index (κ3) is 1.91. The second-order valence-corrected chi connectivity index (χ2v) is 5.03. The molecular formula is C15H14N2O3. The highest BCUT2D eigenvalue weighted by atomic mass is 16.2. The number of aromatic nitrogens is 1. The number of carbonyl (C=O) groups excluding carboxylic acids is 2. The van der Waals surface area contributed by atoms with Gasteiger partial charge in [-0.1, -0.05) is 18.2 Å². The largest absolute Gasteiger partial charge is 0.302 e. The first-order valence-electron chi connectivity index (χ1n) is 6.52. The Balaban J connectivity index is 2.16. The SMILES string of the molecule is Cc1cccc2ccn(C3CCC(=O)NC3=O)c(=O)c12. The topological polar surface area (TPSA) is 68.2 Å². The molecule has 1 atom stereocenters. The van der Waals surface area contributed by atoms with E-state index in [1.165, 1.54) is 4.57 Å². The number of piperidine rings is 1. The molecule has 5 heteroatoms. The number of imide groups is 1. The Bertz CT molecular complexity index is 776. The number of aryl methyl sites for hydroxylation is 1. The molecule has 0 bridgehead atoms. The fourth-order valence-corrected chi connectivity index (χ4v) is 2.67. The van der Waals surface area contributed by atoms with Crippen molar-refractivity contribution in [3.63, 3.8) is 0 Å². The van der Waals surface area contributed by atoms with E-state index < -0.39 is 11.9 Å². The van der Waals surface area contributed by atoms with Crippen LogP contribution in [0.1, 0.15) is 24.4 Å². The average Bonchev–Trinajstić information content (AvgIpc) is 2.40. The maximum Gasteiger partial charge on any atom is 0.259 e. The van der Waals surface area contributed by atoms with Crippen LogP contribution in [-0.2, 0) is 9.59 Å². The summed E-state index contributed by atoms with van der Waals surface area (Å²) in [7, 11) is 0. The monoisotopic (exact) mass is 270 g/mol. The van der Waals surface area contributed by atoms with Crippen molar-refractivity contribution in [3.8, 4) is 0 Å². The molecule has 3 rings (SSSR count). The van der Waals surface area contributed by atoms with Crippen LogP contribution < -0.4 is 10.9 Å². The molecule has 1 aromatic carbocycles. The number of nitrogens with one attached hydrogen (secondary N) is 1. The predicted octanol–water partition coefficient (Wildman–Crippen LogP) is 1.29. The lowest BCUT2D eigenvalue weighted by atomic mass is 10.0. The number of amides is 2. The molecule has 1 aromatic heterocycles. The molecule has 1 N–H and O–H groups in total. The summed E-state index contributed by atoms with van der Waals surface area (Å²) in [5.41, 5.74) is 0.698. The summed E-state index contributed by atoms with van der Waals surface area (Å²) in [4.78, 5) is 35.6. The van der Waals surface area contributed by atoms with Crippen molar-refractivity contribution in [1.29, 1.82) is 0 Å². The number of nitrogens with zero attached hydrogens (tertiary/aromatic N) is 1. The molecule has 0 aliphatic carbocycles. The molecule has 0 radical (unpaired) electrons. The van der Waals surface area contributed by atoms with E-state index in [-0.39, 0.29) is 17.9 Å². The van der Waals surface area contributed by atoms with Crippen molar-refractivity contribution in [2.75, 3.05) is 0 Å². The molecule has 0 saturated carbocycles. The minimum atomic E-state index is -0.607. The van der Waals surface area contributed by atoms with Crippen molar-refractivity contribution in [1.82, 2.24) is 9.88 Å². The van der Waals surface area contributed by atoms with Crippen LogP contribution in [0.2, 0.25) is 0 Å². The third-order valence-corrected chi connectivity index (χ3v) is 3.71. The van der Waals surface area contributed by atoms with Gasteiger partial charge < -0.3 is 4.57 Å². The Hall–Kier alpha value is -2.43. The quantitative estimate of drug-likeness (QED) is 0.794. The summed E-state index contributed by atoms with van der Waals surface area (Å²) in [6.07, 6.45) is 2.25. The molecule has 2 amide bonds. The van der Waals surface area contributed by atoms with E-state index >= 15 is 0 Å². The van der Waals surface area contributed by atoms with Gasteiger partial charge in [-0.05, 0) is 30.4 Å². The van der Waals surface area contributed by atoms with Crippen LogP contribution in [0, 0.1) is 6.92 Å². The number of hydrogen-bond donors (Lipinski definition) is 1. The molecule has 20 heavy (non-hydrogen) atoms. The summed E-state index contributed by atoms with van der Waals surface area (Å²) < 4.78 is 1.43. The van der Waals surface area contributed by atoms with Gasteiger partial charge in [-0.3, -0.25) is 19.7 Å². The van der Waals surface area contributed by atoms with E-state index in [1.807, 2.05) is 31.2 Å². The molecular weight excluding hydrogens is 256 g/mol. The maximum absolute atomic E-state index is 12.6. The van der Waals surface area contributed by atoms with Gasteiger partial charge in [0.25, 0.3) is 5.56 Å². The van der Waals surface area contributed by atoms with Crippen molar-refractivity contribution >= 4 is 22.6 Å². The van der Waals surface area contributed by atoms with Crippen molar-refractivity contribution in [3.05, 3.63) is 46.4 Å². The summed E-state index contributed by atoms with van der Waals surface area (Å²) in [5.74, 6) is -0.687. The lowest BCUT2D eigenvalue weighted by Gasteiger charge is -2.23. The van der Waals surface area contributed by atoms with E-state index in [4.69, 9.17) is 0 Å². The van der Waals surface area contributed by atoms with Crippen LogP contribution in [0.5, 0.6) is 0 Å². The number of fused-ring (bicyclic) bond motifs is 1. The fourth-order valence-electron chi connectivity index (χ4n) is 2.67. The second kappa shape index (κ2) is 4.59.